The fraction of sp³-hybridized carbons (Fsp3) is 0.500. The molecule has 13 heteroatoms. The summed E-state index contributed by atoms with van der Waals surface area (Å²) in [5.74, 6) is -1.73. The van der Waals surface area contributed by atoms with Crippen molar-refractivity contribution in [3.8, 4) is 0 Å². The number of rotatable bonds is 9. The van der Waals surface area contributed by atoms with Gasteiger partial charge in [-0.05, 0) is 37.5 Å². The van der Waals surface area contributed by atoms with Gasteiger partial charge in [0.2, 0.25) is 15.9 Å². The maximum Gasteiger partial charge on any atom is 0.433 e. The van der Waals surface area contributed by atoms with Crippen molar-refractivity contribution in [2.45, 2.75) is 51.1 Å². The second-order valence-electron chi connectivity index (χ2n) is 8.98. The predicted molar refractivity (Wildman–Crippen MR) is 130 cm³/mol. The largest absolute Gasteiger partial charge is 0.433 e. The lowest BCUT2D eigenvalue weighted by atomic mass is 9.98. The van der Waals surface area contributed by atoms with Gasteiger partial charge in [-0.1, -0.05) is 18.2 Å². The molecule has 1 unspecified atom stereocenters. The summed E-state index contributed by atoms with van der Waals surface area (Å²) in [6.07, 6.45) is -2.34. The molecule has 8 nitrogen and oxygen atoms in total. The number of nitrogens with zero attached hydrogens (tertiary/aromatic N) is 2. The summed E-state index contributed by atoms with van der Waals surface area (Å²) < 4.78 is 84.4. The number of hydrogen-bond donors (Lipinski definition) is 2. The molecule has 1 amide bonds. The number of nitrogens with one attached hydrogen (secondary N) is 2. The molecular weight excluding hydrogens is 516 g/mol. The molecule has 0 spiro atoms. The van der Waals surface area contributed by atoms with Crippen LogP contribution in [0.3, 0.4) is 0 Å². The number of aromatic nitrogens is 1. The molecule has 37 heavy (non-hydrogen) atoms. The van der Waals surface area contributed by atoms with Gasteiger partial charge in [0.1, 0.15) is 17.3 Å². The average molecular weight is 547 g/mol. The van der Waals surface area contributed by atoms with Crippen LogP contribution in [-0.4, -0.2) is 51.9 Å². The van der Waals surface area contributed by atoms with Crippen molar-refractivity contribution in [1.29, 1.82) is 0 Å². The van der Waals surface area contributed by atoms with Gasteiger partial charge in [0.25, 0.3) is 0 Å². The van der Waals surface area contributed by atoms with Gasteiger partial charge in [0.05, 0.1) is 18.3 Å². The van der Waals surface area contributed by atoms with Crippen molar-refractivity contribution in [2.75, 3.05) is 31.4 Å². The molecule has 0 aliphatic carbocycles. The van der Waals surface area contributed by atoms with Gasteiger partial charge in [0, 0.05) is 44.4 Å². The van der Waals surface area contributed by atoms with E-state index in [0.717, 1.165) is 18.4 Å². The van der Waals surface area contributed by atoms with Gasteiger partial charge in [-0.25, -0.2) is 22.5 Å². The van der Waals surface area contributed by atoms with Gasteiger partial charge in [-0.2, -0.15) is 13.2 Å². The number of benzene rings is 1. The van der Waals surface area contributed by atoms with E-state index >= 15 is 0 Å². The zero-order valence-electron chi connectivity index (χ0n) is 20.7. The third kappa shape index (κ3) is 7.86. The Balaban J connectivity index is 1.72. The van der Waals surface area contributed by atoms with E-state index in [-0.39, 0.29) is 30.6 Å². The molecule has 2 N–H and O–H groups in total. The second kappa shape index (κ2) is 11.7. The molecule has 0 radical (unpaired) electrons. The van der Waals surface area contributed by atoms with Crippen LogP contribution in [0.4, 0.5) is 23.4 Å². The minimum Gasteiger partial charge on any atom is -0.381 e. The lowest BCUT2D eigenvalue weighted by molar-refractivity contribution is -0.141. The molecule has 1 aliphatic rings. The first kappa shape index (κ1) is 28.8. The first-order valence-electron chi connectivity index (χ1n) is 11.6. The van der Waals surface area contributed by atoms with Crippen molar-refractivity contribution in [1.82, 2.24) is 15.0 Å². The number of halogens is 4. The summed E-state index contributed by atoms with van der Waals surface area (Å²) in [5.41, 5.74) is -0.0939. The Morgan fingerprint density at radius 3 is 2.38 bits per heavy atom. The zero-order valence-corrected chi connectivity index (χ0v) is 21.5. The van der Waals surface area contributed by atoms with Gasteiger partial charge in [-0.15, -0.1) is 0 Å². The molecule has 0 saturated carbocycles. The molecular formula is C24H30F4N4O4S. The number of sulfonamides is 1. The number of anilines is 1. The Morgan fingerprint density at radius 2 is 1.81 bits per heavy atom. The van der Waals surface area contributed by atoms with Crippen LogP contribution < -0.4 is 14.9 Å². The Morgan fingerprint density at radius 1 is 1.16 bits per heavy atom. The SMILES string of the molecule is COC1CCN(c2nc(C(F)(F)F)ccc2CNC(=O)C(C)c2ccc(CNS(C)(=O)=O)c(F)c2)CC1. The first-order valence-corrected chi connectivity index (χ1v) is 13.5. The molecule has 0 bridgehead atoms. The Bertz CT molecular complexity index is 1220. The van der Waals surface area contributed by atoms with E-state index < -0.39 is 39.5 Å². The van der Waals surface area contributed by atoms with E-state index in [0.29, 0.717) is 37.1 Å². The van der Waals surface area contributed by atoms with Crippen molar-refractivity contribution in [2.24, 2.45) is 0 Å². The van der Waals surface area contributed by atoms with Gasteiger partial charge in [0.15, 0.2) is 0 Å². The highest BCUT2D eigenvalue weighted by Crippen LogP contribution is 2.32. The molecule has 1 aromatic carbocycles. The average Bonchev–Trinajstić information content (AvgIpc) is 2.85. The van der Waals surface area contributed by atoms with Crippen molar-refractivity contribution >= 4 is 21.7 Å². The third-order valence-electron chi connectivity index (χ3n) is 6.27. The van der Waals surface area contributed by atoms with Crippen LogP contribution in [0.5, 0.6) is 0 Å². The van der Waals surface area contributed by atoms with Crippen LogP contribution in [0.25, 0.3) is 0 Å². The molecule has 1 aliphatic heterocycles. The second-order valence-corrected chi connectivity index (χ2v) is 10.8. The molecule has 204 valence electrons. The fourth-order valence-electron chi connectivity index (χ4n) is 4.02. The number of ether oxygens (including phenoxy) is 1. The van der Waals surface area contributed by atoms with E-state index in [9.17, 15) is 30.8 Å². The van der Waals surface area contributed by atoms with Gasteiger partial charge < -0.3 is 15.0 Å². The minimum atomic E-state index is -4.61. The van der Waals surface area contributed by atoms with Crippen LogP contribution in [0.1, 0.15) is 48.1 Å². The molecule has 1 saturated heterocycles. The molecule has 1 fully saturated rings. The summed E-state index contributed by atoms with van der Waals surface area (Å²) in [6, 6.07) is 6.27. The number of carbonyl (C=O) groups excluding carboxylic acids is 1. The van der Waals surface area contributed by atoms with Crippen LogP contribution in [0.15, 0.2) is 30.3 Å². The molecule has 1 atom stereocenters. The van der Waals surface area contributed by atoms with Crippen molar-refractivity contribution in [3.63, 3.8) is 0 Å². The standard InChI is InChI=1S/C24H30F4N4O4S/c1-15(16-4-5-17(20(25)12-16)14-30-37(3,34)35)23(33)29-13-18-6-7-21(24(26,27)28)31-22(18)32-10-8-19(36-2)9-11-32/h4-7,12,15,19,30H,8-11,13-14H2,1-3H3,(H,29,33). The van der Waals surface area contributed by atoms with E-state index in [2.05, 4.69) is 15.0 Å². The summed E-state index contributed by atoms with van der Waals surface area (Å²) in [5, 5.41) is 2.71. The number of pyridine rings is 1. The minimum absolute atomic E-state index is 0.0278. The van der Waals surface area contributed by atoms with Gasteiger partial charge >= 0.3 is 6.18 Å². The smallest absolute Gasteiger partial charge is 0.381 e. The van der Waals surface area contributed by atoms with Crippen molar-refractivity contribution in [3.05, 3.63) is 58.5 Å². The van der Waals surface area contributed by atoms with Gasteiger partial charge in [-0.3, -0.25) is 4.79 Å². The number of hydrogen-bond acceptors (Lipinski definition) is 6. The van der Waals surface area contributed by atoms with E-state index in [1.165, 1.54) is 18.2 Å². The molecule has 2 aromatic rings. The van der Waals surface area contributed by atoms with Crippen LogP contribution in [-0.2, 0) is 38.8 Å². The Kier molecular flexibility index (Phi) is 9.13. The molecule has 3 rings (SSSR count). The van der Waals surface area contributed by atoms with Crippen LogP contribution in [0, 0.1) is 5.82 Å². The highest BCUT2D eigenvalue weighted by Gasteiger charge is 2.34. The Labute approximate surface area is 213 Å². The number of amides is 1. The summed E-state index contributed by atoms with van der Waals surface area (Å²) in [4.78, 5) is 18.4. The van der Waals surface area contributed by atoms with Crippen molar-refractivity contribution < 1.29 is 35.5 Å². The quantitative estimate of drug-likeness (QED) is 0.468. The lowest BCUT2D eigenvalue weighted by Gasteiger charge is -2.33. The molecule has 2 heterocycles. The highest BCUT2D eigenvalue weighted by molar-refractivity contribution is 7.88. The number of alkyl halides is 3. The Hall–Kier alpha value is -2.77. The first-order chi connectivity index (χ1) is 17.3. The van der Waals surface area contributed by atoms with Crippen LogP contribution in [0.2, 0.25) is 0 Å². The topological polar surface area (TPSA) is 101 Å². The van der Waals surface area contributed by atoms with Crippen LogP contribution >= 0.6 is 0 Å². The third-order valence-corrected chi connectivity index (χ3v) is 6.94. The lowest BCUT2D eigenvalue weighted by Crippen LogP contribution is -2.38. The monoisotopic (exact) mass is 546 g/mol. The van der Waals surface area contributed by atoms with E-state index in [4.69, 9.17) is 4.74 Å². The predicted octanol–water partition coefficient (Wildman–Crippen LogP) is 3.32. The number of methoxy groups -OCH3 is 1. The zero-order chi connectivity index (χ0) is 27.4. The number of piperidine rings is 1. The summed E-state index contributed by atoms with van der Waals surface area (Å²) in [7, 11) is -1.90. The fourth-order valence-corrected chi connectivity index (χ4v) is 4.44. The normalized spacial score (nSPS) is 16.0. The van der Waals surface area contributed by atoms with E-state index in [1.807, 2.05) is 0 Å². The number of carbonyl (C=O) groups is 1. The summed E-state index contributed by atoms with van der Waals surface area (Å²) >= 11 is 0. The summed E-state index contributed by atoms with van der Waals surface area (Å²) in [6.45, 7) is 2.21. The maximum absolute atomic E-state index is 14.5. The highest BCUT2D eigenvalue weighted by atomic mass is 32.2. The maximum atomic E-state index is 14.5. The van der Waals surface area contributed by atoms with E-state index in [1.54, 1.807) is 18.9 Å². The molecule has 1 aromatic heterocycles.